The Balaban J connectivity index is 1.68. The molecule has 1 atom stereocenters. The summed E-state index contributed by atoms with van der Waals surface area (Å²) in [6, 6.07) is 11.3. The minimum absolute atomic E-state index is 0.231. The third kappa shape index (κ3) is 4.07. The summed E-state index contributed by atoms with van der Waals surface area (Å²) in [6.45, 7) is 3.22. The highest BCUT2D eigenvalue weighted by atomic mass is 16.5. The number of carbonyl (C=O) groups is 1. The van der Waals surface area contributed by atoms with E-state index in [1.165, 1.54) is 19.3 Å². The lowest BCUT2D eigenvalue weighted by Gasteiger charge is -2.35. The molecular weight excluding hydrogens is 316 g/mol. The van der Waals surface area contributed by atoms with Crippen LogP contribution in [0.15, 0.2) is 36.4 Å². The van der Waals surface area contributed by atoms with E-state index >= 15 is 0 Å². The van der Waals surface area contributed by atoms with E-state index in [0.29, 0.717) is 23.2 Å². The SMILES string of the molecule is CCC1CCCCN1c1ccc(NC(=O)c2cccc(OC)c2)nn1. The topological polar surface area (TPSA) is 67.4 Å². The van der Waals surface area contributed by atoms with Crippen LogP contribution in [0, 0.1) is 0 Å². The van der Waals surface area contributed by atoms with Gasteiger partial charge in [-0.2, -0.15) is 0 Å². The molecule has 1 N–H and O–H groups in total. The van der Waals surface area contributed by atoms with Crippen molar-refractivity contribution in [2.75, 3.05) is 23.9 Å². The molecule has 132 valence electrons. The molecule has 2 heterocycles. The summed E-state index contributed by atoms with van der Waals surface area (Å²) in [5.74, 6) is 1.74. The number of ether oxygens (including phenoxy) is 1. The number of carbonyl (C=O) groups excluding carboxylic acids is 1. The van der Waals surface area contributed by atoms with Gasteiger partial charge in [-0.25, -0.2) is 0 Å². The van der Waals surface area contributed by atoms with Crippen LogP contribution in [-0.2, 0) is 0 Å². The molecule has 1 aliphatic heterocycles. The Morgan fingerprint density at radius 2 is 2.16 bits per heavy atom. The third-order valence-electron chi connectivity index (χ3n) is 4.62. The molecule has 2 aromatic rings. The van der Waals surface area contributed by atoms with Crippen molar-refractivity contribution in [3.05, 3.63) is 42.0 Å². The number of anilines is 2. The van der Waals surface area contributed by atoms with Crippen LogP contribution in [0.1, 0.15) is 43.0 Å². The maximum atomic E-state index is 12.3. The maximum absolute atomic E-state index is 12.3. The molecule has 25 heavy (non-hydrogen) atoms. The Bertz CT molecular complexity index is 718. The number of amides is 1. The van der Waals surface area contributed by atoms with Crippen molar-refractivity contribution >= 4 is 17.5 Å². The Morgan fingerprint density at radius 1 is 1.28 bits per heavy atom. The minimum atomic E-state index is -0.231. The standard InChI is InChI=1S/C19H24N4O2/c1-3-15-8-4-5-12-23(15)18-11-10-17(21-22-18)20-19(24)14-7-6-9-16(13-14)25-2/h6-7,9-11,13,15H,3-5,8,12H2,1-2H3,(H,20,21,24). The first-order chi connectivity index (χ1) is 12.2. The molecule has 1 fully saturated rings. The summed E-state index contributed by atoms with van der Waals surface area (Å²) in [7, 11) is 1.57. The van der Waals surface area contributed by atoms with Gasteiger partial charge < -0.3 is 15.0 Å². The minimum Gasteiger partial charge on any atom is -0.497 e. The molecule has 1 unspecified atom stereocenters. The summed E-state index contributed by atoms with van der Waals surface area (Å²) >= 11 is 0. The molecule has 3 rings (SSSR count). The van der Waals surface area contributed by atoms with E-state index in [2.05, 4.69) is 27.3 Å². The molecule has 0 bridgehead atoms. The number of nitrogens with zero attached hydrogens (tertiary/aromatic N) is 3. The van der Waals surface area contributed by atoms with Gasteiger partial charge in [0.2, 0.25) is 0 Å². The first-order valence-corrected chi connectivity index (χ1v) is 8.77. The van der Waals surface area contributed by atoms with Crippen LogP contribution < -0.4 is 15.0 Å². The van der Waals surface area contributed by atoms with E-state index < -0.39 is 0 Å². The quantitative estimate of drug-likeness (QED) is 0.902. The van der Waals surface area contributed by atoms with Crippen molar-refractivity contribution in [1.82, 2.24) is 10.2 Å². The molecule has 0 spiro atoms. The number of hydrogen-bond acceptors (Lipinski definition) is 5. The van der Waals surface area contributed by atoms with Gasteiger partial charge in [0.05, 0.1) is 7.11 Å². The molecule has 0 aliphatic carbocycles. The predicted octanol–water partition coefficient (Wildman–Crippen LogP) is 3.51. The van der Waals surface area contributed by atoms with Crippen LogP contribution in [0.2, 0.25) is 0 Å². The molecule has 1 saturated heterocycles. The second kappa shape index (κ2) is 7.96. The zero-order valence-electron chi connectivity index (χ0n) is 14.7. The lowest BCUT2D eigenvalue weighted by atomic mass is 10.0. The van der Waals surface area contributed by atoms with E-state index in [4.69, 9.17) is 4.74 Å². The highest BCUT2D eigenvalue weighted by Crippen LogP contribution is 2.25. The molecule has 1 aliphatic rings. The second-order valence-corrected chi connectivity index (χ2v) is 6.21. The fourth-order valence-corrected chi connectivity index (χ4v) is 3.22. The molecule has 1 aromatic heterocycles. The van der Waals surface area contributed by atoms with Crippen molar-refractivity contribution < 1.29 is 9.53 Å². The first-order valence-electron chi connectivity index (χ1n) is 8.77. The van der Waals surface area contributed by atoms with Crippen LogP contribution in [-0.4, -0.2) is 35.8 Å². The van der Waals surface area contributed by atoms with Crippen molar-refractivity contribution in [3.8, 4) is 5.75 Å². The number of benzene rings is 1. The summed E-state index contributed by atoms with van der Waals surface area (Å²) in [5, 5.41) is 11.3. The van der Waals surface area contributed by atoms with E-state index in [9.17, 15) is 4.79 Å². The molecule has 1 aromatic carbocycles. The first kappa shape index (κ1) is 17.2. The number of hydrogen-bond donors (Lipinski definition) is 1. The van der Waals surface area contributed by atoms with Crippen molar-refractivity contribution in [2.24, 2.45) is 0 Å². The molecular formula is C19H24N4O2. The number of nitrogens with one attached hydrogen (secondary N) is 1. The third-order valence-corrected chi connectivity index (χ3v) is 4.62. The molecule has 1 amide bonds. The predicted molar refractivity (Wildman–Crippen MR) is 98.3 cm³/mol. The van der Waals surface area contributed by atoms with Crippen LogP contribution >= 0.6 is 0 Å². The second-order valence-electron chi connectivity index (χ2n) is 6.21. The highest BCUT2D eigenvalue weighted by Gasteiger charge is 2.22. The average Bonchev–Trinajstić information content (AvgIpc) is 2.68. The van der Waals surface area contributed by atoms with Gasteiger partial charge in [0.25, 0.3) is 5.91 Å². The smallest absolute Gasteiger partial charge is 0.256 e. The van der Waals surface area contributed by atoms with Gasteiger partial charge in [-0.05, 0) is 56.0 Å². The van der Waals surface area contributed by atoms with Crippen molar-refractivity contribution in [1.29, 1.82) is 0 Å². The Hall–Kier alpha value is -2.63. The lowest BCUT2D eigenvalue weighted by Crippen LogP contribution is -2.39. The van der Waals surface area contributed by atoms with Gasteiger partial charge >= 0.3 is 0 Å². The highest BCUT2D eigenvalue weighted by molar-refractivity contribution is 6.03. The van der Waals surface area contributed by atoms with Gasteiger partial charge in [0.15, 0.2) is 11.6 Å². The van der Waals surface area contributed by atoms with Crippen LogP contribution in [0.4, 0.5) is 11.6 Å². The Labute approximate surface area is 148 Å². The number of piperidine rings is 1. The van der Waals surface area contributed by atoms with E-state index in [0.717, 1.165) is 18.8 Å². The number of methoxy groups -OCH3 is 1. The Kier molecular flexibility index (Phi) is 5.48. The Morgan fingerprint density at radius 3 is 2.88 bits per heavy atom. The van der Waals surface area contributed by atoms with E-state index in [-0.39, 0.29) is 5.91 Å². The van der Waals surface area contributed by atoms with E-state index in [1.54, 1.807) is 31.4 Å². The number of aromatic nitrogens is 2. The normalized spacial score (nSPS) is 17.2. The molecule has 0 saturated carbocycles. The van der Waals surface area contributed by atoms with Crippen LogP contribution in [0.3, 0.4) is 0 Å². The lowest BCUT2D eigenvalue weighted by molar-refractivity contribution is 0.102. The zero-order chi connectivity index (χ0) is 17.6. The fourth-order valence-electron chi connectivity index (χ4n) is 3.22. The fraction of sp³-hybridized carbons (Fsp3) is 0.421. The molecule has 0 radical (unpaired) electrons. The summed E-state index contributed by atoms with van der Waals surface area (Å²) in [6.07, 6.45) is 4.77. The van der Waals surface area contributed by atoms with E-state index in [1.807, 2.05) is 12.1 Å². The van der Waals surface area contributed by atoms with Crippen LogP contribution in [0.25, 0.3) is 0 Å². The number of rotatable bonds is 5. The van der Waals surface area contributed by atoms with Gasteiger partial charge in [-0.3, -0.25) is 4.79 Å². The van der Waals surface area contributed by atoms with Gasteiger partial charge in [-0.15, -0.1) is 10.2 Å². The monoisotopic (exact) mass is 340 g/mol. The largest absolute Gasteiger partial charge is 0.497 e. The van der Waals surface area contributed by atoms with Crippen molar-refractivity contribution in [3.63, 3.8) is 0 Å². The summed E-state index contributed by atoms with van der Waals surface area (Å²) in [5.41, 5.74) is 0.521. The van der Waals surface area contributed by atoms with Gasteiger partial charge in [0, 0.05) is 18.2 Å². The zero-order valence-corrected chi connectivity index (χ0v) is 14.7. The van der Waals surface area contributed by atoms with Gasteiger partial charge in [0.1, 0.15) is 5.75 Å². The van der Waals surface area contributed by atoms with Crippen LogP contribution in [0.5, 0.6) is 5.75 Å². The summed E-state index contributed by atoms with van der Waals surface area (Å²) < 4.78 is 5.15. The molecule has 6 nitrogen and oxygen atoms in total. The summed E-state index contributed by atoms with van der Waals surface area (Å²) in [4.78, 5) is 14.6. The van der Waals surface area contributed by atoms with Crippen molar-refractivity contribution in [2.45, 2.75) is 38.6 Å². The van der Waals surface area contributed by atoms with Gasteiger partial charge in [-0.1, -0.05) is 13.0 Å². The maximum Gasteiger partial charge on any atom is 0.256 e. The molecule has 6 heteroatoms. The average molecular weight is 340 g/mol.